The van der Waals surface area contributed by atoms with Crippen molar-refractivity contribution in [1.82, 2.24) is 0 Å². The highest BCUT2D eigenvalue weighted by Gasteiger charge is 2.18. The molecule has 0 saturated carbocycles. The number of carbonyl (C=O) groups is 1. The highest BCUT2D eigenvalue weighted by atomic mass is 16.5. The molecule has 0 saturated heterocycles. The van der Waals surface area contributed by atoms with E-state index in [9.17, 15) is 4.79 Å². The van der Waals surface area contributed by atoms with Gasteiger partial charge in [0, 0.05) is 5.57 Å². The number of ether oxygens (including phenoxy) is 1. The van der Waals surface area contributed by atoms with Crippen LogP contribution in [0.2, 0.25) is 0 Å². The van der Waals surface area contributed by atoms with Crippen molar-refractivity contribution in [1.29, 1.82) is 0 Å². The topological polar surface area (TPSA) is 39.4 Å². The van der Waals surface area contributed by atoms with Crippen molar-refractivity contribution in [3.8, 4) is 0 Å². The van der Waals surface area contributed by atoms with Gasteiger partial charge in [0.15, 0.2) is 0 Å². The third kappa shape index (κ3) is 4.35. The molecule has 0 spiro atoms. The molecule has 1 heterocycles. The standard InChI is InChI=1S/C20H24O3/c1-4-6-8-13-17(16-11-9-7-10-12-16)19-14-18(15(3)23-19)20(21)22-5-2/h7,9-14H,4-6,8H2,1-3H3/b17-13-. The predicted octanol–water partition coefficient (Wildman–Crippen LogP) is 5.39. The van der Waals surface area contributed by atoms with Crippen LogP contribution in [0.5, 0.6) is 0 Å². The monoisotopic (exact) mass is 312 g/mol. The zero-order valence-electron chi connectivity index (χ0n) is 14.1. The van der Waals surface area contributed by atoms with Gasteiger partial charge >= 0.3 is 5.97 Å². The summed E-state index contributed by atoms with van der Waals surface area (Å²) in [4.78, 5) is 12.0. The summed E-state index contributed by atoms with van der Waals surface area (Å²) in [5.74, 6) is 0.976. The van der Waals surface area contributed by atoms with Gasteiger partial charge in [-0.15, -0.1) is 0 Å². The van der Waals surface area contributed by atoms with Gasteiger partial charge in [0.05, 0.1) is 6.61 Å². The molecule has 0 radical (unpaired) electrons. The van der Waals surface area contributed by atoms with E-state index >= 15 is 0 Å². The highest BCUT2D eigenvalue weighted by molar-refractivity contribution is 5.92. The summed E-state index contributed by atoms with van der Waals surface area (Å²) in [7, 11) is 0. The molecule has 23 heavy (non-hydrogen) atoms. The number of hydrogen-bond donors (Lipinski definition) is 0. The molecule has 0 unspecified atom stereocenters. The van der Waals surface area contributed by atoms with Crippen LogP contribution in [0.25, 0.3) is 5.57 Å². The molecule has 3 heteroatoms. The Balaban J connectivity index is 2.38. The SMILES string of the molecule is CCCC/C=C(/c1ccccc1)c1cc(C(=O)OCC)c(C)o1. The van der Waals surface area contributed by atoms with Crippen LogP contribution >= 0.6 is 0 Å². The molecule has 0 N–H and O–H groups in total. The van der Waals surface area contributed by atoms with Crippen LogP contribution in [-0.4, -0.2) is 12.6 Å². The summed E-state index contributed by atoms with van der Waals surface area (Å²) < 4.78 is 10.9. The summed E-state index contributed by atoms with van der Waals surface area (Å²) in [5, 5.41) is 0. The van der Waals surface area contributed by atoms with Crippen LogP contribution in [0.1, 0.15) is 60.6 Å². The zero-order valence-corrected chi connectivity index (χ0v) is 14.1. The second kappa shape index (κ2) is 8.37. The minimum absolute atomic E-state index is 0.332. The summed E-state index contributed by atoms with van der Waals surface area (Å²) >= 11 is 0. The first kappa shape index (κ1) is 17.1. The highest BCUT2D eigenvalue weighted by Crippen LogP contribution is 2.28. The van der Waals surface area contributed by atoms with Gasteiger partial charge in [-0.1, -0.05) is 56.2 Å². The Morgan fingerprint density at radius 1 is 1.22 bits per heavy atom. The van der Waals surface area contributed by atoms with E-state index in [0.29, 0.717) is 23.7 Å². The lowest BCUT2D eigenvalue weighted by Crippen LogP contribution is -2.04. The van der Waals surface area contributed by atoms with E-state index in [2.05, 4.69) is 25.1 Å². The van der Waals surface area contributed by atoms with Crippen LogP contribution in [-0.2, 0) is 4.74 Å². The molecule has 3 nitrogen and oxygen atoms in total. The van der Waals surface area contributed by atoms with Crippen molar-refractivity contribution in [2.75, 3.05) is 6.61 Å². The molecule has 0 aliphatic heterocycles. The van der Waals surface area contributed by atoms with E-state index < -0.39 is 0 Å². The van der Waals surface area contributed by atoms with E-state index in [1.807, 2.05) is 18.2 Å². The van der Waals surface area contributed by atoms with Crippen molar-refractivity contribution in [3.05, 3.63) is 65.1 Å². The van der Waals surface area contributed by atoms with Gasteiger partial charge in [-0.2, -0.15) is 0 Å². The van der Waals surface area contributed by atoms with Crippen LogP contribution in [0.3, 0.4) is 0 Å². The Morgan fingerprint density at radius 3 is 2.61 bits per heavy atom. The van der Waals surface area contributed by atoms with Gasteiger partial charge in [0.2, 0.25) is 0 Å². The normalized spacial score (nSPS) is 11.5. The fourth-order valence-electron chi connectivity index (χ4n) is 2.46. The molecule has 122 valence electrons. The fraction of sp³-hybridized carbons (Fsp3) is 0.350. The summed E-state index contributed by atoms with van der Waals surface area (Å²) in [6, 6.07) is 11.9. The predicted molar refractivity (Wildman–Crippen MR) is 92.4 cm³/mol. The minimum atomic E-state index is -0.332. The number of esters is 1. The fourth-order valence-corrected chi connectivity index (χ4v) is 2.46. The Bertz CT molecular complexity index is 665. The maximum atomic E-state index is 12.0. The third-order valence-corrected chi connectivity index (χ3v) is 3.67. The molecular formula is C20H24O3. The number of carbonyl (C=O) groups excluding carboxylic acids is 1. The van der Waals surface area contributed by atoms with Crippen LogP contribution in [0.15, 0.2) is 46.9 Å². The molecule has 0 aliphatic carbocycles. The molecule has 0 amide bonds. The van der Waals surface area contributed by atoms with Crippen molar-refractivity contribution in [2.24, 2.45) is 0 Å². The van der Waals surface area contributed by atoms with Gasteiger partial charge in [-0.3, -0.25) is 0 Å². The maximum absolute atomic E-state index is 12.0. The molecular weight excluding hydrogens is 288 g/mol. The first-order valence-electron chi connectivity index (χ1n) is 8.20. The van der Waals surface area contributed by atoms with Gasteiger partial charge in [0.1, 0.15) is 17.1 Å². The Morgan fingerprint density at radius 2 is 1.96 bits per heavy atom. The number of furan rings is 1. The van der Waals surface area contributed by atoms with E-state index in [0.717, 1.165) is 30.4 Å². The lowest BCUT2D eigenvalue weighted by atomic mass is 10.0. The Labute approximate surface area is 138 Å². The lowest BCUT2D eigenvalue weighted by molar-refractivity contribution is 0.0524. The average Bonchev–Trinajstić information content (AvgIpc) is 2.94. The molecule has 0 aliphatic rings. The quantitative estimate of drug-likeness (QED) is 0.508. The van der Waals surface area contributed by atoms with Gasteiger partial charge in [0.25, 0.3) is 0 Å². The van der Waals surface area contributed by atoms with Crippen LogP contribution in [0, 0.1) is 6.92 Å². The van der Waals surface area contributed by atoms with Crippen molar-refractivity contribution in [2.45, 2.75) is 40.0 Å². The second-order valence-electron chi connectivity index (χ2n) is 5.43. The molecule has 0 fully saturated rings. The number of benzene rings is 1. The summed E-state index contributed by atoms with van der Waals surface area (Å²) in [5.41, 5.74) is 2.62. The third-order valence-electron chi connectivity index (χ3n) is 3.67. The molecule has 1 aromatic heterocycles. The number of rotatable bonds is 7. The van der Waals surface area contributed by atoms with Crippen LogP contribution < -0.4 is 0 Å². The second-order valence-corrected chi connectivity index (χ2v) is 5.43. The maximum Gasteiger partial charge on any atom is 0.341 e. The lowest BCUT2D eigenvalue weighted by Gasteiger charge is -2.05. The minimum Gasteiger partial charge on any atom is -0.462 e. The van der Waals surface area contributed by atoms with Gasteiger partial charge < -0.3 is 9.15 Å². The largest absolute Gasteiger partial charge is 0.462 e. The molecule has 0 bridgehead atoms. The van der Waals surface area contributed by atoms with Gasteiger partial charge in [-0.25, -0.2) is 4.79 Å². The smallest absolute Gasteiger partial charge is 0.341 e. The van der Waals surface area contributed by atoms with Crippen molar-refractivity contribution < 1.29 is 13.9 Å². The van der Waals surface area contributed by atoms with Crippen LogP contribution in [0.4, 0.5) is 0 Å². The van der Waals surface area contributed by atoms with Crippen molar-refractivity contribution in [3.63, 3.8) is 0 Å². The van der Waals surface area contributed by atoms with E-state index in [-0.39, 0.29) is 5.97 Å². The first-order valence-corrected chi connectivity index (χ1v) is 8.20. The van der Waals surface area contributed by atoms with Crippen molar-refractivity contribution >= 4 is 11.5 Å². The molecule has 1 aromatic carbocycles. The number of unbranched alkanes of at least 4 members (excludes halogenated alkanes) is 2. The van der Waals surface area contributed by atoms with E-state index in [1.54, 1.807) is 19.9 Å². The number of aryl methyl sites for hydroxylation is 1. The summed E-state index contributed by atoms with van der Waals surface area (Å²) in [6.45, 7) is 6.13. The summed E-state index contributed by atoms with van der Waals surface area (Å²) in [6.07, 6.45) is 5.44. The first-order chi connectivity index (χ1) is 11.2. The Hall–Kier alpha value is -2.29. The number of hydrogen-bond acceptors (Lipinski definition) is 3. The Kier molecular flexibility index (Phi) is 6.21. The van der Waals surface area contributed by atoms with E-state index in [1.165, 1.54) is 0 Å². The molecule has 0 atom stereocenters. The molecule has 2 aromatic rings. The van der Waals surface area contributed by atoms with Gasteiger partial charge in [-0.05, 0) is 31.9 Å². The average molecular weight is 312 g/mol. The number of allylic oxidation sites excluding steroid dienone is 1. The molecule has 2 rings (SSSR count). The zero-order chi connectivity index (χ0) is 16.7. The van der Waals surface area contributed by atoms with E-state index in [4.69, 9.17) is 9.15 Å².